The Labute approximate surface area is 189 Å². The van der Waals surface area contributed by atoms with Crippen molar-refractivity contribution >= 4 is 22.8 Å². The number of piperidine rings is 1. The number of benzene rings is 1. The van der Waals surface area contributed by atoms with Gasteiger partial charge in [-0.25, -0.2) is 4.98 Å². The van der Waals surface area contributed by atoms with Gasteiger partial charge < -0.3 is 19.4 Å². The van der Waals surface area contributed by atoms with Gasteiger partial charge in [-0.1, -0.05) is 12.1 Å². The van der Waals surface area contributed by atoms with Crippen LogP contribution in [-0.2, 0) is 11.3 Å². The number of rotatable bonds is 6. The summed E-state index contributed by atoms with van der Waals surface area (Å²) in [6.07, 6.45) is 1.96. The van der Waals surface area contributed by atoms with Crippen molar-refractivity contribution < 1.29 is 13.9 Å². The Morgan fingerprint density at radius 3 is 2.69 bits per heavy atom. The predicted molar refractivity (Wildman–Crippen MR) is 125 cm³/mol. The number of aromatic nitrogens is 2. The van der Waals surface area contributed by atoms with Crippen molar-refractivity contribution in [2.24, 2.45) is 5.92 Å². The van der Waals surface area contributed by atoms with Crippen LogP contribution < -0.4 is 15.0 Å². The highest BCUT2D eigenvalue weighted by Gasteiger charge is 2.29. The van der Waals surface area contributed by atoms with E-state index in [-0.39, 0.29) is 17.9 Å². The van der Waals surface area contributed by atoms with Gasteiger partial charge in [0.2, 0.25) is 11.6 Å². The Morgan fingerprint density at radius 1 is 1.22 bits per heavy atom. The molecule has 3 aromatic rings. The molecule has 170 valence electrons. The summed E-state index contributed by atoms with van der Waals surface area (Å²) in [6, 6.07) is 7.88. The van der Waals surface area contributed by atoms with Gasteiger partial charge in [0.25, 0.3) is 0 Å². The normalized spacial score (nSPS) is 16.6. The van der Waals surface area contributed by atoms with Crippen LogP contribution in [0, 0.1) is 26.7 Å². The third kappa shape index (κ3) is 4.71. The quantitative estimate of drug-likeness (QED) is 0.614. The van der Waals surface area contributed by atoms with Gasteiger partial charge in [-0.3, -0.25) is 4.79 Å². The van der Waals surface area contributed by atoms with Crippen LogP contribution in [0.25, 0.3) is 11.1 Å². The van der Waals surface area contributed by atoms with Crippen molar-refractivity contribution in [1.82, 2.24) is 15.3 Å². The van der Waals surface area contributed by atoms with E-state index in [2.05, 4.69) is 15.2 Å². The van der Waals surface area contributed by atoms with E-state index in [9.17, 15) is 4.79 Å². The van der Waals surface area contributed by atoms with E-state index in [1.54, 1.807) is 0 Å². The van der Waals surface area contributed by atoms with Crippen LogP contribution in [-0.4, -0.2) is 35.1 Å². The Kier molecular flexibility index (Phi) is 6.35. The van der Waals surface area contributed by atoms with Crippen LogP contribution in [0.4, 0.5) is 5.82 Å². The van der Waals surface area contributed by atoms with Crippen molar-refractivity contribution in [1.29, 1.82) is 0 Å². The van der Waals surface area contributed by atoms with Crippen LogP contribution in [0.15, 0.2) is 28.7 Å². The first-order chi connectivity index (χ1) is 15.3. The van der Waals surface area contributed by atoms with Crippen molar-refractivity contribution in [2.45, 2.75) is 60.1 Å². The van der Waals surface area contributed by atoms with Crippen molar-refractivity contribution in [3.05, 3.63) is 47.0 Å². The summed E-state index contributed by atoms with van der Waals surface area (Å²) >= 11 is 0. The average Bonchev–Trinajstić information content (AvgIpc) is 3.05. The molecule has 0 spiro atoms. The van der Waals surface area contributed by atoms with E-state index in [0.29, 0.717) is 24.6 Å². The van der Waals surface area contributed by atoms with Crippen molar-refractivity contribution in [3.8, 4) is 5.75 Å². The van der Waals surface area contributed by atoms with Crippen LogP contribution in [0.2, 0.25) is 0 Å². The fourth-order valence-corrected chi connectivity index (χ4v) is 4.24. The standard InChI is InChI=1S/C25H32N4O3/c1-15(2)31-21-10-8-19(9-11-21)13-26-24(30)20-7-6-12-29(14-20)23-22-16(3)17(4)32-25(22)28-18(5)27-23/h8-11,15,20H,6-7,12-14H2,1-5H3,(H,26,30)/t20-/m1/s1. The van der Waals surface area contributed by atoms with Crippen LogP contribution in [0.5, 0.6) is 5.75 Å². The van der Waals surface area contributed by atoms with E-state index in [1.165, 1.54) is 0 Å². The molecule has 0 saturated carbocycles. The van der Waals surface area contributed by atoms with E-state index >= 15 is 0 Å². The average molecular weight is 437 g/mol. The van der Waals surface area contributed by atoms with E-state index < -0.39 is 0 Å². The van der Waals surface area contributed by atoms with Gasteiger partial charge in [0.05, 0.1) is 17.4 Å². The van der Waals surface area contributed by atoms with Crippen molar-refractivity contribution in [2.75, 3.05) is 18.0 Å². The SMILES string of the molecule is Cc1nc(N2CCC[C@@H](C(=O)NCc3ccc(OC(C)C)cc3)C2)c2c(C)c(C)oc2n1. The number of carbonyl (C=O) groups excluding carboxylic acids is 1. The number of aryl methyl sites for hydroxylation is 3. The Bertz CT molecular complexity index is 1100. The van der Waals surface area contributed by atoms with Crippen LogP contribution in [0.1, 0.15) is 49.4 Å². The fourth-order valence-electron chi connectivity index (χ4n) is 4.24. The minimum absolute atomic E-state index is 0.0778. The maximum Gasteiger partial charge on any atom is 0.231 e. The number of nitrogens with zero attached hydrogens (tertiary/aromatic N) is 3. The third-order valence-corrected chi connectivity index (χ3v) is 5.97. The molecule has 32 heavy (non-hydrogen) atoms. The molecule has 1 fully saturated rings. The van der Waals surface area contributed by atoms with E-state index in [1.807, 2.05) is 58.9 Å². The molecular formula is C25H32N4O3. The summed E-state index contributed by atoms with van der Waals surface area (Å²) in [5.74, 6) is 3.26. The minimum atomic E-state index is -0.0778. The summed E-state index contributed by atoms with van der Waals surface area (Å²) in [7, 11) is 0. The first-order valence-electron chi connectivity index (χ1n) is 11.3. The van der Waals surface area contributed by atoms with Gasteiger partial charge in [-0.15, -0.1) is 0 Å². The molecule has 0 bridgehead atoms. The molecule has 1 aliphatic rings. The first-order valence-corrected chi connectivity index (χ1v) is 11.3. The highest BCUT2D eigenvalue weighted by molar-refractivity contribution is 5.90. The first kappa shape index (κ1) is 22.1. The lowest BCUT2D eigenvalue weighted by molar-refractivity contribution is -0.125. The number of carbonyl (C=O) groups is 1. The lowest BCUT2D eigenvalue weighted by Gasteiger charge is -2.33. The van der Waals surface area contributed by atoms with Crippen molar-refractivity contribution in [3.63, 3.8) is 0 Å². The van der Waals surface area contributed by atoms with Crippen LogP contribution in [0.3, 0.4) is 0 Å². The highest BCUT2D eigenvalue weighted by atomic mass is 16.5. The molecule has 1 amide bonds. The van der Waals surface area contributed by atoms with E-state index in [4.69, 9.17) is 14.1 Å². The molecule has 1 N–H and O–H groups in total. The van der Waals surface area contributed by atoms with Gasteiger partial charge in [-0.2, -0.15) is 4.98 Å². The maximum atomic E-state index is 12.9. The highest BCUT2D eigenvalue weighted by Crippen LogP contribution is 2.33. The number of fused-ring (bicyclic) bond motifs is 1. The van der Waals surface area contributed by atoms with Gasteiger partial charge in [0.15, 0.2) is 0 Å². The van der Waals surface area contributed by atoms with Gasteiger partial charge >= 0.3 is 0 Å². The second kappa shape index (κ2) is 9.18. The number of furan rings is 1. The summed E-state index contributed by atoms with van der Waals surface area (Å²) in [5.41, 5.74) is 2.74. The molecule has 7 nitrogen and oxygen atoms in total. The monoisotopic (exact) mass is 436 g/mol. The number of ether oxygens (including phenoxy) is 1. The number of anilines is 1. The van der Waals surface area contributed by atoms with E-state index in [0.717, 1.165) is 53.2 Å². The Hall–Kier alpha value is -3.09. The Balaban J connectivity index is 1.43. The zero-order valence-electron chi connectivity index (χ0n) is 19.6. The molecule has 0 unspecified atom stereocenters. The summed E-state index contributed by atoms with van der Waals surface area (Å²) in [5, 5.41) is 4.06. The minimum Gasteiger partial charge on any atom is -0.491 e. The van der Waals surface area contributed by atoms with Gasteiger partial charge in [-0.05, 0) is 65.2 Å². The molecule has 0 radical (unpaired) electrons. The molecule has 1 aromatic carbocycles. The summed E-state index contributed by atoms with van der Waals surface area (Å²) in [6.45, 7) is 11.9. The molecule has 0 aliphatic carbocycles. The molecule has 1 aliphatic heterocycles. The lowest BCUT2D eigenvalue weighted by atomic mass is 9.96. The predicted octanol–water partition coefficient (Wildman–Crippen LogP) is 4.47. The fraction of sp³-hybridized carbons (Fsp3) is 0.480. The van der Waals surface area contributed by atoms with Crippen LogP contribution >= 0.6 is 0 Å². The third-order valence-electron chi connectivity index (χ3n) is 5.97. The molecular weight excluding hydrogens is 404 g/mol. The number of nitrogens with one attached hydrogen (secondary N) is 1. The molecule has 1 saturated heterocycles. The molecule has 7 heteroatoms. The Morgan fingerprint density at radius 2 is 1.97 bits per heavy atom. The molecule has 2 aromatic heterocycles. The lowest BCUT2D eigenvalue weighted by Crippen LogP contribution is -2.43. The second-order valence-electron chi connectivity index (χ2n) is 8.87. The maximum absolute atomic E-state index is 12.9. The summed E-state index contributed by atoms with van der Waals surface area (Å²) < 4.78 is 11.5. The summed E-state index contributed by atoms with van der Waals surface area (Å²) in [4.78, 5) is 24.3. The second-order valence-corrected chi connectivity index (χ2v) is 8.87. The zero-order valence-corrected chi connectivity index (χ0v) is 19.6. The molecule has 1 atom stereocenters. The molecule has 3 heterocycles. The zero-order chi connectivity index (χ0) is 22.8. The number of amides is 1. The number of hydrogen-bond donors (Lipinski definition) is 1. The largest absolute Gasteiger partial charge is 0.491 e. The number of hydrogen-bond acceptors (Lipinski definition) is 6. The topological polar surface area (TPSA) is 80.5 Å². The van der Waals surface area contributed by atoms with Gasteiger partial charge in [0.1, 0.15) is 23.2 Å². The smallest absolute Gasteiger partial charge is 0.231 e. The van der Waals surface area contributed by atoms with Gasteiger partial charge in [0, 0.05) is 25.2 Å². The molecule has 4 rings (SSSR count).